The maximum Gasteiger partial charge on any atom is 0.435 e. The van der Waals surface area contributed by atoms with Crippen LogP contribution in [0.1, 0.15) is 11.4 Å². The largest absolute Gasteiger partial charge is 0.467 e. The molecular formula is C10H9F3N4O. The van der Waals surface area contributed by atoms with Crippen LogP contribution in [0.4, 0.5) is 18.9 Å². The summed E-state index contributed by atoms with van der Waals surface area (Å²) in [5.74, 6) is 0. The van der Waals surface area contributed by atoms with E-state index in [1.165, 1.54) is 14.0 Å². The Labute approximate surface area is 99.8 Å². The molecule has 2 N–H and O–H groups in total. The molecule has 0 bridgehead atoms. The highest BCUT2D eigenvalue weighted by Gasteiger charge is 2.35. The Balaban J connectivity index is 2.76. The van der Waals surface area contributed by atoms with Crippen molar-refractivity contribution in [1.29, 1.82) is 0 Å². The fourth-order valence-electron chi connectivity index (χ4n) is 1.51. The number of pyridine rings is 1. The monoisotopic (exact) mass is 258 g/mol. The predicted octanol–water partition coefficient (Wildman–Crippen LogP) is 1.94. The number of hydrogen-bond acceptors (Lipinski definition) is 5. The third-order valence-corrected chi connectivity index (χ3v) is 2.31. The Hall–Kier alpha value is -2.12. The molecule has 0 unspecified atom stereocenters. The molecule has 2 heterocycles. The molecule has 0 radical (unpaired) electrons. The van der Waals surface area contributed by atoms with Gasteiger partial charge in [-0.2, -0.15) is 23.1 Å². The average Bonchev–Trinajstić information content (AvgIpc) is 2.26. The third-order valence-electron chi connectivity index (χ3n) is 2.31. The van der Waals surface area contributed by atoms with Crippen LogP contribution in [0.2, 0.25) is 0 Å². The van der Waals surface area contributed by atoms with Crippen molar-refractivity contribution in [3.05, 3.63) is 17.5 Å². The van der Waals surface area contributed by atoms with Crippen LogP contribution in [-0.2, 0) is 6.18 Å². The van der Waals surface area contributed by atoms with Crippen molar-refractivity contribution < 1.29 is 17.9 Å². The number of methoxy groups -OCH3 is 1. The summed E-state index contributed by atoms with van der Waals surface area (Å²) in [6, 6.07) is 1.17. The van der Waals surface area contributed by atoms with Crippen LogP contribution < -0.4 is 10.5 Å². The lowest BCUT2D eigenvalue weighted by Gasteiger charge is -2.11. The Morgan fingerprint density at radius 2 is 1.89 bits per heavy atom. The zero-order chi connectivity index (χ0) is 13.5. The van der Waals surface area contributed by atoms with E-state index in [9.17, 15) is 13.2 Å². The lowest BCUT2D eigenvalue weighted by atomic mass is 10.2. The summed E-state index contributed by atoms with van der Waals surface area (Å²) in [6.07, 6.45) is -4.61. The molecule has 5 nitrogen and oxygen atoms in total. The summed E-state index contributed by atoms with van der Waals surface area (Å²) < 4.78 is 42.8. The van der Waals surface area contributed by atoms with Gasteiger partial charge in [-0.15, -0.1) is 0 Å². The second-order valence-electron chi connectivity index (χ2n) is 3.59. The number of alkyl halides is 3. The highest BCUT2D eigenvalue weighted by atomic mass is 19.4. The van der Waals surface area contributed by atoms with E-state index >= 15 is 0 Å². The number of anilines is 1. The van der Waals surface area contributed by atoms with Gasteiger partial charge in [0.2, 0.25) is 0 Å². The van der Waals surface area contributed by atoms with Crippen molar-refractivity contribution in [2.45, 2.75) is 13.1 Å². The van der Waals surface area contributed by atoms with E-state index in [1.807, 2.05) is 0 Å². The van der Waals surface area contributed by atoms with Crippen molar-refractivity contribution in [3.63, 3.8) is 0 Å². The molecule has 0 aliphatic rings. The summed E-state index contributed by atoms with van der Waals surface area (Å²) in [5, 5.41) is 0. The molecule has 0 atom stereocenters. The van der Waals surface area contributed by atoms with Gasteiger partial charge in [-0.3, -0.25) is 0 Å². The molecule has 0 fully saturated rings. The Bertz CT molecular complexity index is 612. The van der Waals surface area contributed by atoms with Gasteiger partial charge in [0.15, 0.2) is 5.69 Å². The van der Waals surface area contributed by atoms with Gasteiger partial charge in [-0.25, -0.2) is 4.98 Å². The van der Waals surface area contributed by atoms with Crippen LogP contribution >= 0.6 is 0 Å². The molecule has 2 aromatic heterocycles. The molecule has 8 heteroatoms. The molecule has 0 aromatic carbocycles. The van der Waals surface area contributed by atoms with Crippen LogP contribution in [0.25, 0.3) is 11.0 Å². The van der Waals surface area contributed by atoms with Gasteiger partial charge in [-0.1, -0.05) is 0 Å². The molecular weight excluding hydrogens is 249 g/mol. The van der Waals surface area contributed by atoms with Crippen molar-refractivity contribution in [2.24, 2.45) is 0 Å². The van der Waals surface area contributed by atoms with E-state index < -0.39 is 17.6 Å². The molecule has 0 aliphatic heterocycles. The van der Waals surface area contributed by atoms with E-state index in [4.69, 9.17) is 10.5 Å². The second kappa shape index (κ2) is 3.97. The summed E-state index contributed by atoms with van der Waals surface area (Å²) in [6.45, 7) is 1.52. The maximum absolute atomic E-state index is 12.6. The molecule has 0 amide bonds. The SMILES string of the molecule is COc1nc(C)c2nc(C(F)(F)F)c(N)cc2n1. The number of aryl methyl sites for hydroxylation is 1. The van der Waals surface area contributed by atoms with Crippen molar-refractivity contribution >= 4 is 16.7 Å². The zero-order valence-corrected chi connectivity index (χ0v) is 9.54. The summed E-state index contributed by atoms with van der Waals surface area (Å²) in [5.41, 5.74) is 4.28. The highest BCUT2D eigenvalue weighted by molar-refractivity contribution is 5.80. The molecule has 0 spiro atoms. The van der Waals surface area contributed by atoms with Crippen LogP contribution in [0.3, 0.4) is 0 Å². The standard InChI is InChI=1S/C10H9F3N4O/c1-4-7-6(16-9(15-4)18-2)3-5(14)8(17-7)10(11,12)13/h3H,14H2,1-2H3. The van der Waals surface area contributed by atoms with Gasteiger partial charge in [0.05, 0.1) is 24.0 Å². The Morgan fingerprint density at radius 3 is 2.44 bits per heavy atom. The molecule has 0 aliphatic carbocycles. The van der Waals surface area contributed by atoms with E-state index in [0.717, 1.165) is 6.07 Å². The number of rotatable bonds is 1. The highest BCUT2D eigenvalue weighted by Crippen LogP contribution is 2.33. The first-order chi connectivity index (χ1) is 8.32. The van der Waals surface area contributed by atoms with E-state index in [0.29, 0.717) is 5.69 Å². The Kier molecular flexibility index (Phi) is 2.72. The molecule has 0 saturated heterocycles. The summed E-state index contributed by atoms with van der Waals surface area (Å²) >= 11 is 0. The average molecular weight is 258 g/mol. The maximum atomic E-state index is 12.6. The number of halogens is 3. The number of nitrogens with zero attached hydrogens (tertiary/aromatic N) is 3. The zero-order valence-electron chi connectivity index (χ0n) is 9.54. The molecule has 2 aromatic rings. The normalized spacial score (nSPS) is 11.8. The van der Waals surface area contributed by atoms with Gasteiger partial charge in [-0.05, 0) is 13.0 Å². The molecule has 18 heavy (non-hydrogen) atoms. The smallest absolute Gasteiger partial charge is 0.435 e. The fraction of sp³-hybridized carbons (Fsp3) is 0.300. The number of nitrogen functional groups attached to an aromatic ring is 1. The van der Waals surface area contributed by atoms with Crippen LogP contribution in [0.15, 0.2) is 6.07 Å². The summed E-state index contributed by atoms with van der Waals surface area (Å²) in [7, 11) is 1.36. The quantitative estimate of drug-likeness (QED) is 0.846. The van der Waals surface area contributed by atoms with Gasteiger partial charge in [0.25, 0.3) is 0 Å². The van der Waals surface area contributed by atoms with E-state index in [1.54, 1.807) is 0 Å². The van der Waals surface area contributed by atoms with E-state index in [-0.39, 0.29) is 17.0 Å². The predicted molar refractivity (Wildman–Crippen MR) is 58.0 cm³/mol. The first-order valence-electron chi connectivity index (χ1n) is 4.89. The minimum atomic E-state index is -4.61. The lowest BCUT2D eigenvalue weighted by molar-refractivity contribution is -0.140. The number of nitrogens with two attached hydrogens (primary N) is 1. The van der Waals surface area contributed by atoms with Crippen LogP contribution in [0.5, 0.6) is 6.01 Å². The minimum absolute atomic E-state index is 0.0531. The third kappa shape index (κ3) is 2.01. The van der Waals surface area contributed by atoms with Gasteiger partial charge in [0, 0.05) is 0 Å². The minimum Gasteiger partial charge on any atom is -0.467 e. The van der Waals surface area contributed by atoms with Gasteiger partial charge < -0.3 is 10.5 Å². The number of fused-ring (bicyclic) bond motifs is 1. The second-order valence-corrected chi connectivity index (χ2v) is 3.59. The van der Waals surface area contributed by atoms with Crippen LogP contribution in [-0.4, -0.2) is 22.1 Å². The number of aromatic nitrogens is 3. The van der Waals surface area contributed by atoms with Crippen molar-refractivity contribution in [3.8, 4) is 6.01 Å². The number of ether oxygens (including phenoxy) is 1. The van der Waals surface area contributed by atoms with E-state index in [2.05, 4.69) is 15.0 Å². The molecule has 2 rings (SSSR count). The van der Waals surface area contributed by atoms with Crippen molar-refractivity contribution in [2.75, 3.05) is 12.8 Å². The van der Waals surface area contributed by atoms with Crippen LogP contribution in [0, 0.1) is 6.92 Å². The summed E-state index contributed by atoms with van der Waals surface area (Å²) in [4.78, 5) is 11.3. The lowest BCUT2D eigenvalue weighted by Crippen LogP contribution is -2.12. The molecule has 96 valence electrons. The van der Waals surface area contributed by atoms with Gasteiger partial charge >= 0.3 is 12.2 Å². The van der Waals surface area contributed by atoms with Gasteiger partial charge in [0.1, 0.15) is 5.52 Å². The first kappa shape index (κ1) is 12.3. The Morgan fingerprint density at radius 1 is 1.22 bits per heavy atom. The molecule has 0 saturated carbocycles. The fourth-order valence-corrected chi connectivity index (χ4v) is 1.51. The van der Waals surface area contributed by atoms with Crippen molar-refractivity contribution in [1.82, 2.24) is 15.0 Å². The topological polar surface area (TPSA) is 73.9 Å². The first-order valence-corrected chi connectivity index (χ1v) is 4.89. The number of hydrogen-bond donors (Lipinski definition) is 1.